The van der Waals surface area contributed by atoms with E-state index in [0.29, 0.717) is 12.1 Å². The van der Waals surface area contributed by atoms with Gasteiger partial charge in [-0.3, -0.25) is 9.48 Å². The summed E-state index contributed by atoms with van der Waals surface area (Å²) in [6, 6.07) is 17.1. The van der Waals surface area contributed by atoms with Crippen molar-refractivity contribution in [1.82, 2.24) is 14.8 Å². The number of carbonyl (C=O) groups is 1. The molecule has 0 atom stereocenters. The molecule has 6 nitrogen and oxygen atoms in total. The molecule has 2 aromatic heterocycles. The van der Waals surface area contributed by atoms with Crippen LogP contribution in [0.25, 0.3) is 10.9 Å². The Hall–Kier alpha value is -3.19. The fourth-order valence-corrected chi connectivity index (χ4v) is 3.51. The average Bonchev–Trinajstić information content (AvgIpc) is 3.15. The topological polar surface area (TPSA) is 71.8 Å². The molecule has 7 heteroatoms. The number of aryl methyl sites for hydroxylation is 1. The zero-order valence-corrected chi connectivity index (χ0v) is 17.5. The van der Waals surface area contributed by atoms with E-state index in [2.05, 4.69) is 36.6 Å². The van der Waals surface area contributed by atoms with Crippen molar-refractivity contribution in [2.75, 3.05) is 10.6 Å². The van der Waals surface area contributed by atoms with Gasteiger partial charge in [0, 0.05) is 42.2 Å². The Bertz CT molecular complexity index is 1170. The second-order valence-electron chi connectivity index (χ2n) is 6.60. The number of nitrogens with zero attached hydrogens (tertiary/aromatic N) is 3. The number of anilines is 2. The van der Waals surface area contributed by atoms with Crippen LogP contribution in [0.1, 0.15) is 22.8 Å². The van der Waals surface area contributed by atoms with Crippen LogP contribution >= 0.6 is 15.9 Å². The van der Waals surface area contributed by atoms with Crippen LogP contribution in [-0.2, 0) is 13.1 Å². The number of benzene rings is 2. The van der Waals surface area contributed by atoms with Crippen molar-refractivity contribution in [3.63, 3.8) is 0 Å². The molecule has 1 amide bonds. The van der Waals surface area contributed by atoms with Crippen LogP contribution in [0, 0.1) is 0 Å². The molecular weight excluding hydrogens is 430 g/mol. The van der Waals surface area contributed by atoms with Gasteiger partial charge in [-0.25, -0.2) is 4.98 Å². The summed E-state index contributed by atoms with van der Waals surface area (Å²) in [6.07, 6.45) is 3.73. The largest absolute Gasteiger partial charge is 0.380 e. The van der Waals surface area contributed by atoms with Gasteiger partial charge in [0.15, 0.2) is 0 Å². The van der Waals surface area contributed by atoms with E-state index in [1.165, 1.54) is 0 Å². The van der Waals surface area contributed by atoms with Gasteiger partial charge in [0.2, 0.25) is 0 Å². The van der Waals surface area contributed by atoms with Crippen molar-refractivity contribution in [3.8, 4) is 0 Å². The molecule has 0 fully saturated rings. The van der Waals surface area contributed by atoms with E-state index in [-0.39, 0.29) is 5.91 Å². The Morgan fingerprint density at radius 2 is 2.00 bits per heavy atom. The Kier molecular flexibility index (Phi) is 5.57. The zero-order chi connectivity index (χ0) is 20.2. The number of pyridine rings is 1. The summed E-state index contributed by atoms with van der Waals surface area (Å²) in [5.74, 6) is -0.161. The molecule has 0 aliphatic carbocycles. The highest BCUT2D eigenvalue weighted by Gasteiger charge is 2.12. The molecule has 0 aliphatic rings. The number of nitrogens with one attached hydrogen (secondary N) is 2. The molecule has 4 rings (SSSR count). The van der Waals surface area contributed by atoms with Gasteiger partial charge in [-0.2, -0.15) is 5.10 Å². The molecular formula is C22H20BrN5O. The number of amides is 1. The molecule has 0 aliphatic heterocycles. The molecule has 0 bridgehead atoms. The first-order valence-electron chi connectivity index (χ1n) is 9.34. The van der Waals surface area contributed by atoms with E-state index in [0.717, 1.165) is 39.0 Å². The Morgan fingerprint density at radius 3 is 2.83 bits per heavy atom. The summed E-state index contributed by atoms with van der Waals surface area (Å²) in [5, 5.41) is 11.8. The SMILES string of the molecule is CCn1cc2cc(NC(=O)c3ccccc3NCc3ccnc(Br)c3)ccc2n1. The fourth-order valence-electron chi connectivity index (χ4n) is 3.10. The summed E-state index contributed by atoms with van der Waals surface area (Å²) in [7, 11) is 0. The van der Waals surface area contributed by atoms with Gasteiger partial charge in [-0.15, -0.1) is 0 Å². The smallest absolute Gasteiger partial charge is 0.257 e. The maximum Gasteiger partial charge on any atom is 0.257 e. The zero-order valence-electron chi connectivity index (χ0n) is 15.9. The van der Waals surface area contributed by atoms with Crippen molar-refractivity contribution in [1.29, 1.82) is 0 Å². The number of hydrogen-bond donors (Lipinski definition) is 2. The number of hydrogen-bond acceptors (Lipinski definition) is 4. The maximum absolute atomic E-state index is 12.9. The summed E-state index contributed by atoms with van der Waals surface area (Å²) >= 11 is 3.38. The van der Waals surface area contributed by atoms with Crippen LogP contribution in [0.2, 0.25) is 0 Å². The quantitative estimate of drug-likeness (QED) is 0.402. The van der Waals surface area contributed by atoms with Crippen molar-refractivity contribution in [2.45, 2.75) is 20.0 Å². The number of carbonyl (C=O) groups excluding carboxylic acids is 1. The predicted octanol–water partition coefficient (Wildman–Crippen LogP) is 5.08. The molecule has 29 heavy (non-hydrogen) atoms. The van der Waals surface area contributed by atoms with Gasteiger partial charge < -0.3 is 10.6 Å². The van der Waals surface area contributed by atoms with Crippen LogP contribution in [0.4, 0.5) is 11.4 Å². The third-order valence-corrected chi connectivity index (χ3v) is 5.01. The first-order chi connectivity index (χ1) is 14.1. The molecule has 0 spiro atoms. The van der Waals surface area contributed by atoms with Crippen LogP contribution < -0.4 is 10.6 Å². The highest BCUT2D eigenvalue weighted by Crippen LogP contribution is 2.21. The Morgan fingerprint density at radius 1 is 1.14 bits per heavy atom. The molecule has 0 unspecified atom stereocenters. The first-order valence-corrected chi connectivity index (χ1v) is 10.1. The Labute approximate surface area is 177 Å². The van der Waals surface area contributed by atoms with Gasteiger partial charge in [-0.1, -0.05) is 12.1 Å². The lowest BCUT2D eigenvalue weighted by atomic mass is 10.1. The maximum atomic E-state index is 12.9. The molecule has 2 N–H and O–H groups in total. The molecule has 4 aromatic rings. The minimum absolute atomic E-state index is 0.161. The average molecular weight is 450 g/mol. The summed E-state index contributed by atoms with van der Waals surface area (Å²) in [4.78, 5) is 17.0. The van der Waals surface area contributed by atoms with Crippen LogP contribution in [0.5, 0.6) is 0 Å². The van der Waals surface area contributed by atoms with Crippen LogP contribution in [0.3, 0.4) is 0 Å². The van der Waals surface area contributed by atoms with Crippen LogP contribution in [0.15, 0.2) is 71.6 Å². The minimum Gasteiger partial charge on any atom is -0.380 e. The van der Waals surface area contributed by atoms with Gasteiger partial charge in [0.1, 0.15) is 4.60 Å². The molecule has 0 saturated heterocycles. The van der Waals surface area contributed by atoms with Crippen molar-refractivity contribution < 1.29 is 4.79 Å². The predicted molar refractivity (Wildman–Crippen MR) is 119 cm³/mol. The van der Waals surface area contributed by atoms with Crippen molar-refractivity contribution >= 4 is 44.1 Å². The summed E-state index contributed by atoms with van der Waals surface area (Å²) < 4.78 is 2.66. The molecule has 2 heterocycles. The first kappa shape index (κ1) is 19.1. The molecule has 0 radical (unpaired) electrons. The fraction of sp³-hybridized carbons (Fsp3) is 0.136. The molecule has 0 saturated carbocycles. The van der Waals surface area contributed by atoms with Crippen molar-refractivity contribution in [3.05, 3.63) is 82.7 Å². The van der Waals surface area contributed by atoms with E-state index in [1.54, 1.807) is 6.20 Å². The van der Waals surface area contributed by atoms with Gasteiger partial charge in [-0.05, 0) is 70.9 Å². The normalized spacial score (nSPS) is 10.8. The van der Waals surface area contributed by atoms with E-state index in [9.17, 15) is 4.79 Å². The van der Waals surface area contributed by atoms with E-state index >= 15 is 0 Å². The molecule has 2 aromatic carbocycles. The van der Waals surface area contributed by atoms with Crippen LogP contribution in [-0.4, -0.2) is 20.7 Å². The van der Waals surface area contributed by atoms with Gasteiger partial charge >= 0.3 is 0 Å². The Balaban J connectivity index is 1.51. The molecule has 146 valence electrons. The lowest BCUT2D eigenvalue weighted by Gasteiger charge is -2.12. The number of fused-ring (bicyclic) bond motifs is 1. The van der Waals surface area contributed by atoms with Gasteiger partial charge in [0.05, 0.1) is 11.1 Å². The van der Waals surface area contributed by atoms with Gasteiger partial charge in [0.25, 0.3) is 5.91 Å². The second kappa shape index (κ2) is 8.45. The summed E-state index contributed by atoms with van der Waals surface area (Å²) in [5.41, 5.74) is 4.09. The number of rotatable bonds is 6. The third kappa shape index (κ3) is 4.46. The van der Waals surface area contributed by atoms with Crippen molar-refractivity contribution in [2.24, 2.45) is 0 Å². The van der Waals surface area contributed by atoms with E-state index < -0.39 is 0 Å². The third-order valence-electron chi connectivity index (χ3n) is 4.58. The number of halogens is 1. The lowest BCUT2D eigenvalue weighted by molar-refractivity contribution is 0.102. The summed E-state index contributed by atoms with van der Waals surface area (Å²) in [6.45, 7) is 3.44. The number of aromatic nitrogens is 3. The van der Waals surface area contributed by atoms with E-state index in [4.69, 9.17) is 0 Å². The monoisotopic (exact) mass is 449 g/mol. The highest BCUT2D eigenvalue weighted by molar-refractivity contribution is 9.10. The number of para-hydroxylation sites is 1. The highest BCUT2D eigenvalue weighted by atomic mass is 79.9. The lowest BCUT2D eigenvalue weighted by Crippen LogP contribution is -2.14. The second-order valence-corrected chi connectivity index (χ2v) is 7.41. The van der Waals surface area contributed by atoms with E-state index in [1.807, 2.05) is 72.4 Å². The minimum atomic E-state index is -0.161. The standard InChI is InChI=1S/C22H20BrN5O/c1-2-28-14-16-12-17(7-8-19(16)27-28)26-22(29)18-5-3-4-6-20(18)25-13-15-9-10-24-21(23)11-15/h3-12,14,25H,2,13H2,1H3,(H,26,29).